The molecule has 4 rings (SSSR count). The number of thiazole rings is 1. The van der Waals surface area contributed by atoms with Crippen molar-refractivity contribution in [2.24, 2.45) is 0 Å². The number of hydrogen-bond donors (Lipinski definition) is 1. The van der Waals surface area contributed by atoms with E-state index in [4.69, 9.17) is 21.3 Å². The van der Waals surface area contributed by atoms with Gasteiger partial charge in [-0.15, -0.1) is 11.3 Å². The lowest BCUT2D eigenvalue weighted by molar-refractivity contribution is -0.116. The van der Waals surface area contributed by atoms with Crippen LogP contribution in [0.15, 0.2) is 78.2 Å². The molecule has 0 atom stereocenters. The standard InChI is InChI=1S/C26H23ClN2O2S/c1-18-11-13-21(14-12-18)31-15-5-10-25(30)28-20-7-4-6-19(16-20)24-17-32-26(29-24)22-8-2-3-9-23(22)27/h2-4,6-9,11-14,16-17H,5,10,15H2,1H3,(H,28,30). The van der Waals surface area contributed by atoms with Gasteiger partial charge in [0.2, 0.25) is 5.91 Å². The Bertz CT molecular complexity index is 1200. The Morgan fingerprint density at radius 3 is 2.69 bits per heavy atom. The third kappa shape index (κ3) is 5.75. The first kappa shape index (κ1) is 22.1. The first-order chi connectivity index (χ1) is 15.6. The van der Waals surface area contributed by atoms with E-state index >= 15 is 0 Å². The predicted molar refractivity (Wildman–Crippen MR) is 133 cm³/mol. The highest BCUT2D eigenvalue weighted by Gasteiger charge is 2.10. The number of aromatic nitrogens is 1. The molecule has 0 spiro atoms. The molecule has 6 heteroatoms. The first-order valence-corrected chi connectivity index (χ1v) is 11.6. The minimum Gasteiger partial charge on any atom is -0.494 e. The van der Waals surface area contributed by atoms with Gasteiger partial charge in [-0.3, -0.25) is 4.79 Å². The lowest BCUT2D eigenvalue weighted by atomic mass is 10.1. The van der Waals surface area contributed by atoms with Crippen LogP contribution in [-0.2, 0) is 4.79 Å². The number of rotatable bonds is 8. The number of benzene rings is 3. The average molecular weight is 463 g/mol. The molecule has 0 aliphatic heterocycles. The molecule has 1 N–H and O–H groups in total. The second-order valence-electron chi connectivity index (χ2n) is 7.41. The number of halogens is 1. The number of amides is 1. The maximum absolute atomic E-state index is 12.3. The highest BCUT2D eigenvalue weighted by molar-refractivity contribution is 7.13. The summed E-state index contributed by atoms with van der Waals surface area (Å²) in [6.07, 6.45) is 1.04. The molecule has 4 aromatic rings. The lowest BCUT2D eigenvalue weighted by Crippen LogP contribution is -2.12. The van der Waals surface area contributed by atoms with Crippen molar-refractivity contribution in [2.45, 2.75) is 19.8 Å². The van der Waals surface area contributed by atoms with Crippen LogP contribution in [0.1, 0.15) is 18.4 Å². The lowest BCUT2D eigenvalue weighted by Gasteiger charge is -2.08. The highest BCUT2D eigenvalue weighted by atomic mass is 35.5. The van der Waals surface area contributed by atoms with Crippen LogP contribution in [0, 0.1) is 6.92 Å². The predicted octanol–water partition coefficient (Wildman–Crippen LogP) is 7.24. The molecule has 0 aliphatic rings. The maximum atomic E-state index is 12.3. The third-order valence-corrected chi connectivity index (χ3v) is 6.09. The van der Waals surface area contributed by atoms with Crippen LogP contribution in [0.25, 0.3) is 21.8 Å². The van der Waals surface area contributed by atoms with Crippen molar-refractivity contribution in [2.75, 3.05) is 11.9 Å². The summed E-state index contributed by atoms with van der Waals surface area (Å²) in [6, 6.07) is 23.3. The van der Waals surface area contributed by atoms with Gasteiger partial charge in [-0.05, 0) is 43.7 Å². The van der Waals surface area contributed by atoms with Gasteiger partial charge in [-0.2, -0.15) is 0 Å². The molecule has 0 bridgehead atoms. The second-order valence-corrected chi connectivity index (χ2v) is 8.68. The fraction of sp³-hybridized carbons (Fsp3) is 0.154. The Balaban J connectivity index is 1.32. The van der Waals surface area contributed by atoms with E-state index in [9.17, 15) is 4.79 Å². The number of hydrogen-bond acceptors (Lipinski definition) is 4. The van der Waals surface area contributed by atoms with Gasteiger partial charge >= 0.3 is 0 Å². The normalized spacial score (nSPS) is 10.7. The van der Waals surface area contributed by atoms with E-state index < -0.39 is 0 Å². The zero-order valence-electron chi connectivity index (χ0n) is 17.7. The number of anilines is 1. The quantitative estimate of drug-likeness (QED) is 0.281. The molecule has 0 radical (unpaired) electrons. The Labute approximate surface area is 196 Å². The molecule has 0 aliphatic carbocycles. The van der Waals surface area contributed by atoms with Crippen molar-refractivity contribution in [3.8, 4) is 27.6 Å². The Morgan fingerprint density at radius 2 is 1.88 bits per heavy atom. The van der Waals surface area contributed by atoms with Crippen molar-refractivity contribution in [3.05, 3.63) is 88.8 Å². The molecule has 32 heavy (non-hydrogen) atoms. The number of carbonyl (C=O) groups excluding carboxylic acids is 1. The molecule has 1 amide bonds. The SMILES string of the molecule is Cc1ccc(OCCCC(=O)Nc2cccc(-c3csc(-c4ccccc4Cl)n3)c2)cc1. The van der Waals surface area contributed by atoms with Crippen LogP contribution in [0.2, 0.25) is 5.02 Å². The van der Waals surface area contributed by atoms with Crippen molar-refractivity contribution in [3.63, 3.8) is 0 Å². The monoisotopic (exact) mass is 462 g/mol. The van der Waals surface area contributed by atoms with Crippen LogP contribution >= 0.6 is 22.9 Å². The molecule has 1 aromatic heterocycles. The van der Waals surface area contributed by atoms with Crippen molar-refractivity contribution >= 4 is 34.5 Å². The Morgan fingerprint density at radius 1 is 1.06 bits per heavy atom. The van der Waals surface area contributed by atoms with E-state index in [1.54, 1.807) is 11.3 Å². The fourth-order valence-electron chi connectivity index (χ4n) is 3.20. The van der Waals surface area contributed by atoms with Gasteiger partial charge in [-0.1, -0.05) is 59.6 Å². The van der Waals surface area contributed by atoms with Crippen molar-refractivity contribution in [1.82, 2.24) is 4.98 Å². The zero-order valence-corrected chi connectivity index (χ0v) is 19.2. The summed E-state index contributed by atoms with van der Waals surface area (Å²) >= 11 is 7.85. The molecular formula is C26H23ClN2O2S. The maximum Gasteiger partial charge on any atom is 0.224 e. The van der Waals surface area contributed by atoms with Crippen LogP contribution in [0.3, 0.4) is 0 Å². The summed E-state index contributed by atoms with van der Waals surface area (Å²) in [5, 5.41) is 6.52. The van der Waals surface area contributed by atoms with Crippen LogP contribution in [0.4, 0.5) is 5.69 Å². The number of ether oxygens (including phenoxy) is 1. The zero-order chi connectivity index (χ0) is 22.3. The van der Waals surface area contributed by atoms with E-state index in [0.29, 0.717) is 24.5 Å². The average Bonchev–Trinajstić information content (AvgIpc) is 3.29. The van der Waals surface area contributed by atoms with Crippen molar-refractivity contribution in [1.29, 1.82) is 0 Å². The molecule has 162 valence electrons. The molecule has 0 unspecified atom stereocenters. The Hall–Kier alpha value is -3.15. The van der Waals surface area contributed by atoms with Gasteiger partial charge in [0, 0.05) is 28.6 Å². The van der Waals surface area contributed by atoms with Gasteiger partial charge in [0.25, 0.3) is 0 Å². The van der Waals surface area contributed by atoms with Crippen molar-refractivity contribution < 1.29 is 9.53 Å². The van der Waals surface area contributed by atoms with E-state index in [1.165, 1.54) is 5.56 Å². The summed E-state index contributed by atoms with van der Waals surface area (Å²) in [7, 11) is 0. The minimum atomic E-state index is -0.0373. The van der Waals surface area contributed by atoms with Gasteiger partial charge in [0.1, 0.15) is 10.8 Å². The molecule has 4 nitrogen and oxygen atoms in total. The third-order valence-electron chi connectivity index (χ3n) is 4.89. The van der Waals surface area contributed by atoms with Gasteiger partial charge in [0.15, 0.2) is 0 Å². The van der Waals surface area contributed by atoms with E-state index in [0.717, 1.165) is 33.3 Å². The topological polar surface area (TPSA) is 51.2 Å². The molecule has 1 heterocycles. The summed E-state index contributed by atoms with van der Waals surface area (Å²) in [6.45, 7) is 2.54. The van der Waals surface area contributed by atoms with Crippen LogP contribution in [-0.4, -0.2) is 17.5 Å². The summed E-state index contributed by atoms with van der Waals surface area (Å²) in [5.74, 6) is 0.785. The van der Waals surface area contributed by atoms with Gasteiger partial charge in [0.05, 0.1) is 17.3 Å². The molecule has 3 aromatic carbocycles. The number of nitrogens with zero attached hydrogens (tertiary/aromatic N) is 1. The van der Waals surface area contributed by atoms with Gasteiger partial charge in [-0.25, -0.2) is 4.98 Å². The van der Waals surface area contributed by atoms with Crippen LogP contribution in [0.5, 0.6) is 5.75 Å². The number of carbonyl (C=O) groups is 1. The molecular weight excluding hydrogens is 440 g/mol. The highest BCUT2D eigenvalue weighted by Crippen LogP contribution is 2.33. The molecule has 0 fully saturated rings. The van der Waals surface area contributed by atoms with E-state index in [-0.39, 0.29) is 5.91 Å². The second kappa shape index (κ2) is 10.4. The number of nitrogens with one attached hydrogen (secondary N) is 1. The Kier molecular flexibility index (Phi) is 7.20. The largest absolute Gasteiger partial charge is 0.494 e. The number of aryl methyl sites for hydroxylation is 1. The summed E-state index contributed by atoms with van der Waals surface area (Å²) in [4.78, 5) is 17.1. The summed E-state index contributed by atoms with van der Waals surface area (Å²) in [5.41, 5.74) is 4.66. The molecule has 0 saturated heterocycles. The fourth-order valence-corrected chi connectivity index (χ4v) is 4.35. The van der Waals surface area contributed by atoms with Gasteiger partial charge < -0.3 is 10.1 Å². The smallest absolute Gasteiger partial charge is 0.224 e. The first-order valence-electron chi connectivity index (χ1n) is 10.4. The van der Waals surface area contributed by atoms with E-state index in [1.807, 2.05) is 85.1 Å². The minimum absolute atomic E-state index is 0.0373. The molecule has 0 saturated carbocycles. The summed E-state index contributed by atoms with van der Waals surface area (Å²) < 4.78 is 5.69. The van der Waals surface area contributed by atoms with Crippen LogP contribution < -0.4 is 10.1 Å². The van der Waals surface area contributed by atoms with E-state index in [2.05, 4.69) is 5.32 Å².